The fraction of sp³-hybridized carbons (Fsp3) is 0.333. The minimum atomic E-state index is -0.549. The van der Waals surface area contributed by atoms with Crippen LogP contribution in [0, 0.1) is 17.7 Å². The van der Waals surface area contributed by atoms with Gasteiger partial charge < -0.3 is 15.3 Å². The van der Waals surface area contributed by atoms with Gasteiger partial charge in [-0.05, 0) is 18.2 Å². The lowest BCUT2D eigenvalue weighted by atomic mass is 10.1. The van der Waals surface area contributed by atoms with Crippen molar-refractivity contribution in [2.75, 3.05) is 27.2 Å². The average molecular weight is 292 g/mol. The van der Waals surface area contributed by atoms with E-state index in [1.54, 1.807) is 0 Å². The predicted molar refractivity (Wildman–Crippen MR) is 76.0 cm³/mol. The average Bonchev–Trinajstić information content (AvgIpc) is 2.50. The van der Waals surface area contributed by atoms with E-state index < -0.39 is 11.7 Å². The van der Waals surface area contributed by atoms with Crippen molar-refractivity contribution in [3.63, 3.8) is 0 Å². The van der Waals surface area contributed by atoms with Crippen molar-refractivity contribution in [3.8, 4) is 11.8 Å². The van der Waals surface area contributed by atoms with Crippen LogP contribution in [0.2, 0.25) is 0 Å². The first-order valence-electron chi connectivity index (χ1n) is 6.35. The smallest absolute Gasteiger partial charge is 0.254 e. The molecule has 0 heterocycles. The molecule has 1 rings (SSSR count). The van der Waals surface area contributed by atoms with E-state index in [-0.39, 0.29) is 31.0 Å². The van der Waals surface area contributed by atoms with Crippen molar-refractivity contribution in [3.05, 3.63) is 35.1 Å². The maximum Gasteiger partial charge on any atom is 0.254 e. The van der Waals surface area contributed by atoms with Gasteiger partial charge in [0.15, 0.2) is 0 Å². The molecule has 6 heteroatoms. The Hall–Kier alpha value is -2.39. The molecule has 2 amide bonds. The summed E-state index contributed by atoms with van der Waals surface area (Å²) in [4.78, 5) is 24.8. The molecule has 0 unspecified atom stereocenters. The van der Waals surface area contributed by atoms with Crippen molar-refractivity contribution in [1.29, 1.82) is 0 Å². The normalized spacial score (nSPS) is 9.52. The second-order valence-corrected chi connectivity index (χ2v) is 4.30. The number of amides is 2. The van der Waals surface area contributed by atoms with Crippen LogP contribution in [0.5, 0.6) is 0 Å². The van der Waals surface area contributed by atoms with Crippen LogP contribution in [-0.2, 0) is 4.79 Å². The van der Waals surface area contributed by atoms with Crippen LogP contribution in [0.15, 0.2) is 18.2 Å². The molecule has 0 saturated carbocycles. The molecule has 0 bridgehead atoms. The third-order valence-electron chi connectivity index (χ3n) is 2.81. The number of carbonyl (C=O) groups is 2. The van der Waals surface area contributed by atoms with Gasteiger partial charge in [0, 0.05) is 32.6 Å². The number of nitrogens with zero attached hydrogens (tertiary/aromatic N) is 1. The zero-order valence-electron chi connectivity index (χ0n) is 11.9. The zero-order chi connectivity index (χ0) is 15.8. The summed E-state index contributed by atoms with van der Waals surface area (Å²) in [5.74, 6) is 3.87. The summed E-state index contributed by atoms with van der Waals surface area (Å²) in [6.07, 6.45) is 0.158. The summed E-state index contributed by atoms with van der Waals surface area (Å²) in [5, 5.41) is 11.2. The van der Waals surface area contributed by atoms with Gasteiger partial charge in [0.2, 0.25) is 5.91 Å². The minimum absolute atomic E-state index is 0.107. The van der Waals surface area contributed by atoms with Crippen LogP contribution in [0.3, 0.4) is 0 Å². The number of nitrogens with one attached hydrogen (secondary N) is 1. The second kappa shape index (κ2) is 8.02. The first-order valence-corrected chi connectivity index (χ1v) is 6.35. The molecule has 0 aliphatic heterocycles. The Morgan fingerprint density at radius 3 is 2.76 bits per heavy atom. The van der Waals surface area contributed by atoms with Gasteiger partial charge in [-0.2, -0.15) is 0 Å². The highest BCUT2D eigenvalue weighted by molar-refractivity contribution is 5.96. The highest BCUT2D eigenvalue weighted by Gasteiger charge is 2.16. The minimum Gasteiger partial charge on any atom is -0.384 e. The molecule has 0 fully saturated rings. The van der Waals surface area contributed by atoms with E-state index >= 15 is 0 Å². The Morgan fingerprint density at radius 2 is 2.14 bits per heavy atom. The molecular formula is C15H17FN2O3. The van der Waals surface area contributed by atoms with Gasteiger partial charge in [0.25, 0.3) is 5.91 Å². The molecule has 21 heavy (non-hydrogen) atoms. The SMILES string of the molecule is CNC(=O)CCN(C)C(=O)c1cc(F)ccc1C#CCO. The van der Waals surface area contributed by atoms with Crippen LogP contribution >= 0.6 is 0 Å². The maximum absolute atomic E-state index is 13.3. The van der Waals surface area contributed by atoms with E-state index in [1.165, 1.54) is 31.1 Å². The van der Waals surface area contributed by atoms with Gasteiger partial charge in [-0.3, -0.25) is 9.59 Å². The van der Waals surface area contributed by atoms with Crippen molar-refractivity contribution >= 4 is 11.8 Å². The molecule has 1 aromatic rings. The van der Waals surface area contributed by atoms with Crippen molar-refractivity contribution in [1.82, 2.24) is 10.2 Å². The topological polar surface area (TPSA) is 69.6 Å². The molecule has 0 aromatic heterocycles. The van der Waals surface area contributed by atoms with Crippen molar-refractivity contribution in [2.24, 2.45) is 0 Å². The molecule has 5 nitrogen and oxygen atoms in total. The molecule has 0 atom stereocenters. The summed E-state index contributed by atoms with van der Waals surface area (Å²) >= 11 is 0. The third kappa shape index (κ3) is 4.89. The molecule has 1 aromatic carbocycles. The summed E-state index contributed by atoms with van der Waals surface area (Å²) in [5.41, 5.74) is 0.442. The number of aliphatic hydroxyl groups is 1. The Morgan fingerprint density at radius 1 is 1.43 bits per heavy atom. The lowest BCUT2D eigenvalue weighted by molar-refractivity contribution is -0.120. The fourth-order valence-corrected chi connectivity index (χ4v) is 1.64. The van der Waals surface area contributed by atoms with Gasteiger partial charge in [0.1, 0.15) is 12.4 Å². The molecule has 0 radical (unpaired) electrons. The summed E-state index contributed by atoms with van der Waals surface area (Å²) in [6, 6.07) is 3.68. The Kier molecular flexibility index (Phi) is 6.37. The Bertz CT molecular complexity index is 590. The van der Waals surface area contributed by atoms with Crippen molar-refractivity contribution in [2.45, 2.75) is 6.42 Å². The van der Waals surface area contributed by atoms with Gasteiger partial charge >= 0.3 is 0 Å². The molecular weight excluding hydrogens is 275 g/mol. The number of carbonyl (C=O) groups excluding carboxylic acids is 2. The number of hydrogen-bond donors (Lipinski definition) is 2. The van der Waals surface area contributed by atoms with Gasteiger partial charge in [0.05, 0.1) is 5.56 Å². The standard InChI is InChI=1S/C15H17FN2O3/c1-17-14(20)7-8-18(2)15(21)13-10-12(16)6-5-11(13)4-3-9-19/h5-6,10,19H,7-9H2,1-2H3,(H,17,20). The highest BCUT2D eigenvalue weighted by Crippen LogP contribution is 2.13. The summed E-state index contributed by atoms with van der Waals surface area (Å²) in [6.45, 7) is -0.139. The number of rotatable bonds is 4. The quantitative estimate of drug-likeness (QED) is 0.788. The van der Waals surface area contributed by atoms with Gasteiger partial charge in [-0.15, -0.1) is 0 Å². The first kappa shape index (κ1) is 16.7. The first-order chi connectivity index (χ1) is 9.99. The van der Waals surface area contributed by atoms with E-state index in [0.29, 0.717) is 5.56 Å². The molecule has 0 aliphatic rings. The zero-order valence-corrected chi connectivity index (χ0v) is 11.9. The fourth-order valence-electron chi connectivity index (χ4n) is 1.64. The second-order valence-electron chi connectivity index (χ2n) is 4.30. The number of hydrogen-bond acceptors (Lipinski definition) is 3. The number of aliphatic hydroxyl groups excluding tert-OH is 1. The molecule has 0 aliphatic carbocycles. The summed E-state index contributed by atoms with van der Waals surface area (Å²) < 4.78 is 13.3. The molecule has 112 valence electrons. The predicted octanol–water partition coefficient (Wildman–Crippen LogP) is 0.378. The Labute approximate surface area is 122 Å². The van der Waals surface area contributed by atoms with E-state index in [1.807, 2.05) is 0 Å². The van der Waals surface area contributed by atoms with E-state index in [0.717, 1.165) is 6.07 Å². The maximum atomic E-state index is 13.3. The van der Waals surface area contributed by atoms with E-state index in [9.17, 15) is 14.0 Å². The van der Waals surface area contributed by atoms with E-state index in [2.05, 4.69) is 17.2 Å². The lowest BCUT2D eigenvalue weighted by Crippen LogP contribution is -2.31. The van der Waals surface area contributed by atoms with Crippen LogP contribution in [0.25, 0.3) is 0 Å². The lowest BCUT2D eigenvalue weighted by Gasteiger charge is -2.17. The largest absolute Gasteiger partial charge is 0.384 e. The number of benzene rings is 1. The molecule has 0 spiro atoms. The molecule has 2 N–H and O–H groups in total. The van der Waals surface area contributed by atoms with Crippen LogP contribution in [0.1, 0.15) is 22.3 Å². The highest BCUT2D eigenvalue weighted by atomic mass is 19.1. The number of halogens is 1. The summed E-state index contributed by atoms with van der Waals surface area (Å²) in [7, 11) is 3.04. The van der Waals surface area contributed by atoms with Crippen molar-refractivity contribution < 1.29 is 19.1 Å². The van der Waals surface area contributed by atoms with Crippen LogP contribution in [-0.4, -0.2) is 49.1 Å². The van der Waals surface area contributed by atoms with Gasteiger partial charge in [-0.25, -0.2) is 4.39 Å². The Balaban J connectivity index is 2.94. The van der Waals surface area contributed by atoms with E-state index in [4.69, 9.17) is 5.11 Å². The van der Waals surface area contributed by atoms with Crippen LogP contribution < -0.4 is 5.32 Å². The third-order valence-corrected chi connectivity index (χ3v) is 2.81. The monoisotopic (exact) mass is 292 g/mol. The van der Waals surface area contributed by atoms with Crippen LogP contribution in [0.4, 0.5) is 4.39 Å². The molecule has 0 saturated heterocycles. The van der Waals surface area contributed by atoms with Gasteiger partial charge in [-0.1, -0.05) is 11.8 Å².